The fourth-order valence-electron chi connectivity index (χ4n) is 3.29. The first-order valence-corrected chi connectivity index (χ1v) is 8.30. The Morgan fingerprint density at radius 1 is 1.26 bits per heavy atom. The van der Waals surface area contributed by atoms with Gasteiger partial charge in [-0.25, -0.2) is 0 Å². The average molecular weight is 321 g/mol. The molecule has 128 valence electrons. The fraction of sp³-hybridized carbons (Fsp3) is 0.611. The minimum absolute atomic E-state index is 0.229. The number of hydrogen-bond acceptors (Lipinski definition) is 4. The zero-order chi connectivity index (χ0) is 16.7. The number of carbonyl (C=O) groups is 1. The Kier molecular flexibility index (Phi) is 6.71. The molecule has 1 fully saturated rings. The maximum absolute atomic E-state index is 10.8. The molecule has 0 spiro atoms. The van der Waals surface area contributed by atoms with Crippen molar-refractivity contribution in [2.75, 3.05) is 27.3 Å². The van der Waals surface area contributed by atoms with E-state index in [4.69, 9.17) is 14.6 Å². The van der Waals surface area contributed by atoms with Crippen LogP contribution in [0.25, 0.3) is 0 Å². The summed E-state index contributed by atoms with van der Waals surface area (Å²) in [5.74, 6) is 0.794. The summed E-state index contributed by atoms with van der Waals surface area (Å²) in [7, 11) is 3.29. The Balaban J connectivity index is 1.93. The quantitative estimate of drug-likeness (QED) is 0.798. The lowest BCUT2D eigenvalue weighted by atomic mass is 9.95. The number of hydrogen-bond donors (Lipinski definition) is 1. The van der Waals surface area contributed by atoms with E-state index in [1.807, 2.05) is 12.1 Å². The molecule has 1 heterocycles. The number of carboxylic acids is 1. The summed E-state index contributed by atoms with van der Waals surface area (Å²) in [6.45, 7) is 1.68. The number of aryl methyl sites for hydroxylation is 1. The molecule has 2 rings (SSSR count). The summed E-state index contributed by atoms with van der Waals surface area (Å²) in [6, 6.07) is 6.53. The van der Waals surface area contributed by atoms with Crippen LogP contribution >= 0.6 is 0 Å². The molecule has 5 nitrogen and oxygen atoms in total. The van der Waals surface area contributed by atoms with E-state index in [1.165, 1.54) is 18.4 Å². The number of nitrogens with zero attached hydrogens (tertiary/aromatic N) is 1. The molecule has 1 atom stereocenters. The third kappa shape index (κ3) is 5.13. The maximum atomic E-state index is 10.8. The van der Waals surface area contributed by atoms with Crippen LogP contribution in [0.3, 0.4) is 0 Å². The molecule has 1 N–H and O–H groups in total. The van der Waals surface area contributed by atoms with Crippen molar-refractivity contribution in [3.63, 3.8) is 0 Å². The number of carboxylic acid groups (broad SMARTS) is 1. The first-order chi connectivity index (χ1) is 11.1. The Morgan fingerprint density at radius 3 is 2.74 bits per heavy atom. The van der Waals surface area contributed by atoms with E-state index in [9.17, 15) is 4.79 Å². The number of rotatable bonds is 8. The molecule has 0 saturated carbocycles. The average Bonchev–Trinajstić information content (AvgIpc) is 2.58. The van der Waals surface area contributed by atoms with Gasteiger partial charge in [0.15, 0.2) is 11.5 Å². The van der Waals surface area contributed by atoms with Gasteiger partial charge in [-0.1, -0.05) is 12.5 Å². The van der Waals surface area contributed by atoms with Crippen molar-refractivity contribution in [3.05, 3.63) is 23.8 Å². The number of methoxy groups -OCH3 is 2. The molecule has 1 saturated heterocycles. The van der Waals surface area contributed by atoms with Gasteiger partial charge >= 0.3 is 5.97 Å². The monoisotopic (exact) mass is 321 g/mol. The predicted molar refractivity (Wildman–Crippen MR) is 89.3 cm³/mol. The maximum Gasteiger partial charge on any atom is 0.304 e. The molecule has 1 aliphatic heterocycles. The predicted octanol–water partition coefficient (Wildman–Crippen LogP) is 2.97. The lowest BCUT2D eigenvalue weighted by Gasteiger charge is -2.35. The van der Waals surface area contributed by atoms with Crippen molar-refractivity contribution < 1.29 is 19.4 Å². The summed E-state index contributed by atoms with van der Waals surface area (Å²) in [5.41, 5.74) is 1.23. The highest BCUT2D eigenvalue weighted by Crippen LogP contribution is 2.29. The molecular weight excluding hydrogens is 294 g/mol. The number of likely N-dealkylation sites (tertiary alicyclic amines) is 1. The summed E-state index contributed by atoms with van der Waals surface area (Å²) < 4.78 is 10.6. The van der Waals surface area contributed by atoms with Crippen LogP contribution in [-0.4, -0.2) is 49.3 Å². The van der Waals surface area contributed by atoms with Crippen LogP contribution in [0.4, 0.5) is 0 Å². The van der Waals surface area contributed by atoms with Crippen LogP contribution in [0.2, 0.25) is 0 Å². The Bertz CT molecular complexity index is 518. The van der Waals surface area contributed by atoms with Gasteiger partial charge < -0.3 is 14.6 Å². The smallest absolute Gasteiger partial charge is 0.304 e. The van der Waals surface area contributed by atoms with E-state index in [0.717, 1.165) is 37.3 Å². The normalized spacial score (nSPS) is 18.6. The molecule has 0 aliphatic carbocycles. The van der Waals surface area contributed by atoms with Crippen molar-refractivity contribution >= 4 is 5.97 Å². The summed E-state index contributed by atoms with van der Waals surface area (Å²) >= 11 is 0. The topological polar surface area (TPSA) is 59.0 Å². The van der Waals surface area contributed by atoms with E-state index >= 15 is 0 Å². The van der Waals surface area contributed by atoms with Crippen LogP contribution < -0.4 is 9.47 Å². The van der Waals surface area contributed by atoms with E-state index in [2.05, 4.69) is 11.0 Å². The van der Waals surface area contributed by atoms with Crippen LogP contribution in [0.15, 0.2) is 18.2 Å². The van der Waals surface area contributed by atoms with E-state index in [-0.39, 0.29) is 6.42 Å². The van der Waals surface area contributed by atoms with Crippen molar-refractivity contribution in [3.8, 4) is 11.5 Å². The second kappa shape index (κ2) is 8.77. The Hall–Kier alpha value is -1.75. The van der Waals surface area contributed by atoms with Gasteiger partial charge in [-0.05, 0) is 49.9 Å². The number of piperidine rings is 1. The highest BCUT2D eigenvalue weighted by Gasteiger charge is 2.22. The molecule has 0 radical (unpaired) electrons. The summed E-state index contributed by atoms with van der Waals surface area (Å²) in [6.07, 6.45) is 5.82. The first kappa shape index (κ1) is 17.6. The minimum Gasteiger partial charge on any atom is -0.493 e. The molecule has 0 aromatic heterocycles. The Labute approximate surface area is 138 Å². The highest BCUT2D eigenvalue weighted by molar-refractivity contribution is 5.66. The highest BCUT2D eigenvalue weighted by atomic mass is 16.5. The van der Waals surface area contributed by atoms with Crippen molar-refractivity contribution in [1.29, 1.82) is 0 Å². The van der Waals surface area contributed by atoms with Crippen LogP contribution in [0.1, 0.15) is 37.7 Å². The van der Waals surface area contributed by atoms with Gasteiger partial charge in [0, 0.05) is 12.6 Å². The zero-order valence-electron chi connectivity index (χ0n) is 14.1. The second-order valence-electron chi connectivity index (χ2n) is 6.06. The number of benzene rings is 1. The zero-order valence-corrected chi connectivity index (χ0v) is 14.1. The molecule has 1 aliphatic rings. The standard InChI is InChI=1S/C18H27NO4/c1-22-16-9-7-14(13-17(16)23-2)6-8-15-5-3-4-11-19(15)12-10-18(20)21/h7,9,13,15H,3-6,8,10-12H2,1-2H3,(H,20,21)/t15-/m1/s1. The van der Waals surface area contributed by atoms with Crippen LogP contribution in [-0.2, 0) is 11.2 Å². The molecule has 1 aromatic rings. The lowest BCUT2D eigenvalue weighted by molar-refractivity contribution is -0.137. The fourth-order valence-corrected chi connectivity index (χ4v) is 3.29. The molecule has 5 heteroatoms. The van der Waals surface area contributed by atoms with Gasteiger partial charge in [0.25, 0.3) is 0 Å². The molecule has 0 bridgehead atoms. The number of aliphatic carboxylic acids is 1. The summed E-state index contributed by atoms with van der Waals surface area (Å²) in [4.78, 5) is 13.2. The van der Waals surface area contributed by atoms with Gasteiger partial charge in [0.1, 0.15) is 0 Å². The minimum atomic E-state index is -0.714. The third-order valence-electron chi connectivity index (χ3n) is 4.58. The molecule has 1 aromatic carbocycles. The SMILES string of the molecule is COc1ccc(CC[C@H]2CCCCN2CCC(=O)O)cc1OC. The first-order valence-electron chi connectivity index (χ1n) is 8.30. The van der Waals surface area contributed by atoms with Crippen molar-refractivity contribution in [2.24, 2.45) is 0 Å². The molecule has 0 amide bonds. The van der Waals surface area contributed by atoms with Crippen LogP contribution in [0.5, 0.6) is 11.5 Å². The second-order valence-corrected chi connectivity index (χ2v) is 6.06. The number of ether oxygens (including phenoxy) is 2. The van der Waals surface area contributed by atoms with Gasteiger partial charge in [-0.2, -0.15) is 0 Å². The van der Waals surface area contributed by atoms with Gasteiger partial charge in [0.2, 0.25) is 0 Å². The van der Waals surface area contributed by atoms with E-state index < -0.39 is 5.97 Å². The Morgan fingerprint density at radius 2 is 2.04 bits per heavy atom. The largest absolute Gasteiger partial charge is 0.493 e. The van der Waals surface area contributed by atoms with Crippen molar-refractivity contribution in [1.82, 2.24) is 4.90 Å². The summed E-state index contributed by atoms with van der Waals surface area (Å²) in [5, 5.41) is 8.89. The third-order valence-corrected chi connectivity index (χ3v) is 4.58. The van der Waals surface area contributed by atoms with E-state index in [1.54, 1.807) is 14.2 Å². The molecular formula is C18H27NO4. The van der Waals surface area contributed by atoms with Crippen LogP contribution in [0, 0.1) is 0 Å². The van der Waals surface area contributed by atoms with E-state index in [0.29, 0.717) is 12.6 Å². The van der Waals surface area contributed by atoms with Gasteiger partial charge in [0.05, 0.1) is 20.6 Å². The van der Waals surface area contributed by atoms with Gasteiger partial charge in [-0.15, -0.1) is 0 Å². The van der Waals surface area contributed by atoms with Gasteiger partial charge in [-0.3, -0.25) is 9.69 Å². The molecule has 23 heavy (non-hydrogen) atoms. The lowest BCUT2D eigenvalue weighted by Crippen LogP contribution is -2.40. The molecule has 0 unspecified atom stereocenters. The van der Waals surface area contributed by atoms with Crippen molar-refractivity contribution in [2.45, 2.75) is 44.6 Å².